The van der Waals surface area contributed by atoms with Crippen LogP contribution in [-0.4, -0.2) is 46.3 Å². The fourth-order valence-corrected chi connectivity index (χ4v) is 7.39. The maximum atomic E-state index is 11.5. The van der Waals surface area contributed by atoms with Gasteiger partial charge in [-0.15, -0.1) is 0 Å². The maximum Gasteiger partial charge on any atom is 0.0705 e. The maximum absolute atomic E-state index is 11.5. The molecule has 0 aromatic carbocycles. The van der Waals surface area contributed by atoms with Gasteiger partial charge >= 0.3 is 0 Å². The summed E-state index contributed by atoms with van der Waals surface area (Å²) in [6, 6.07) is 0. The van der Waals surface area contributed by atoms with Gasteiger partial charge in [0.05, 0.1) is 31.0 Å². The quantitative estimate of drug-likeness (QED) is 0.642. The van der Waals surface area contributed by atoms with Crippen LogP contribution in [0.15, 0.2) is 23.3 Å². The fraction of sp³-hybridized carbons (Fsp3) is 0.833. The number of rotatable bonds is 4. The molecule has 0 aliphatic heterocycles. The Bertz CT molecular complexity index is 680. The van der Waals surface area contributed by atoms with Gasteiger partial charge in [-0.2, -0.15) is 0 Å². The molecule has 0 spiro atoms. The van der Waals surface area contributed by atoms with E-state index < -0.39 is 5.60 Å². The van der Waals surface area contributed by atoms with E-state index in [-0.39, 0.29) is 35.6 Å². The van der Waals surface area contributed by atoms with Gasteiger partial charge in [0.1, 0.15) is 0 Å². The van der Waals surface area contributed by atoms with Crippen LogP contribution in [0.2, 0.25) is 0 Å². The van der Waals surface area contributed by atoms with E-state index in [1.54, 1.807) is 0 Å². The molecule has 4 nitrogen and oxygen atoms in total. The standard InChI is InChI=1S/C24H38O4/c1-22(2,28-12-11-25)20-8-7-18-17-6-5-15-13-16(26)9-10-23(15,3)19(17)14-21(27)24(18,20)4/h5,7,16-17,19-21,25-27H,6,8-14H2,1-4H3/t16-,17?,19?,20?,21+,23-,24-/m0/s1. The largest absolute Gasteiger partial charge is 0.394 e. The molecular formula is C24H38O4. The monoisotopic (exact) mass is 390 g/mol. The highest BCUT2D eigenvalue weighted by molar-refractivity contribution is 5.37. The number of allylic oxidation sites excluding steroid dienone is 2. The second-order valence-corrected chi connectivity index (χ2v) is 10.6. The molecular weight excluding hydrogens is 352 g/mol. The van der Waals surface area contributed by atoms with Gasteiger partial charge in [-0.3, -0.25) is 0 Å². The summed E-state index contributed by atoms with van der Waals surface area (Å²) in [6.45, 7) is 9.20. The molecule has 0 heterocycles. The minimum Gasteiger partial charge on any atom is -0.394 e. The number of fused-ring (bicyclic) bond motifs is 5. The van der Waals surface area contributed by atoms with E-state index in [1.165, 1.54) is 11.1 Å². The van der Waals surface area contributed by atoms with Crippen LogP contribution < -0.4 is 0 Å². The van der Waals surface area contributed by atoms with Crippen molar-refractivity contribution in [2.24, 2.45) is 28.6 Å². The predicted molar refractivity (Wildman–Crippen MR) is 110 cm³/mol. The molecule has 0 amide bonds. The zero-order valence-electron chi connectivity index (χ0n) is 17.9. The van der Waals surface area contributed by atoms with Gasteiger partial charge in [0.25, 0.3) is 0 Å². The molecule has 4 heteroatoms. The van der Waals surface area contributed by atoms with E-state index in [9.17, 15) is 15.3 Å². The number of hydrogen-bond donors (Lipinski definition) is 3. The molecule has 7 atom stereocenters. The minimum absolute atomic E-state index is 0.0260. The Balaban J connectivity index is 1.66. The highest BCUT2D eigenvalue weighted by Gasteiger charge is 2.61. The van der Waals surface area contributed by atoms with Gasteiger partial charge in [0, 0.05) is 11.3 Å². The van der Waals surface area contributed by atoms with Crippen molar-refractivity contribution in [2.45, 2.75) is 84.0 Å². The minimum atomic E-state index is -0.391. The van der Waals surface area contributed by atoms with E-state index in [0.29, 0.717) is 18.4 Å². The lowest BCUT2D eigenvalue weighted by Gasteiger charge is -2.59. The molecule has 3 N–H and O–H groups in total. The highest BCUT2D eigenvalue weighted by atomic mass is 16.5. The molecule has 28 heavy (non-hydrogen) atoms. The first-order valence-electron chi connectivity index (χ1n) is 11.2. The predicted octanol–water partition coefficient (Wildman–Crippen LogP) is 3.60. The lowest BCUT2D eigenvalue weighted by molar-refractivity contribution is -0.137. The Morgan fingerprint density at radius 2 is 1.93 bits per heavy atom. The van der Waals surface area contributed by atoms with Crippen molar-refractivity contribution >= 4 is 0 Å². The molecule has 0 aromatic heterocycles. The Kier molecular flexibility index (Phi) is 5.10. The van der Waals surface area contributed by atoms with E-state index >= 15 is 0 Å². The second-order valence-electron chi connectivity index (χ2n) is 10.6. The van der Waals surface area contributed by atoms with Gasteiger partial charge in [0.2, 0.25) is 0 Å². The third kappa shape index (κ3) is 2.86. The van der Waals surface area contributed by atoms with Gasteiger partial charge < -0.3 is 20.1 Å². The van der Waals surface area contributed by atoms with Crippen LogP contribution in [0.5, 0.6) is 0 Å². The van der Waals surface area contributed by atoms with Crippen molar-refractivity contribution in [1.82, 2.24) is 0 Å². The van der Waals surface area contributed by atoms with E-state index in [0.717, 1.165) is 38.5 Å². The SMILES string of the molecule is CC(C)(OCCO)C1CC=C2C3CC=C4C[C@@H](O)CC[C@]4(C)C3C[C@@H](O)[C@@]21C. The molecule has 3 unspecified atom stereocenters. The lowest BCUT2D eigenvalue weighted by Crippen LogP contribution is -2.56. The Morgan fingerprint density at radius 1 is 1.18 bits per heavy atom. The van der Waals surface area contributed by atoms with Crippen LogP contribution in [0.3, 0.4) is 0 Å². The zero-order valence-corrected chi connectivity index (χ0v) is 17.9. The number of ether oxygens (including phenoxy) is 1. The first kappa shape index (κ1) is 20.6. The van der Waals surface area contributed by atoms with Crippen LogP contribution in [0.4, 0.5) is 0 Å². The zero-order chi connectivity index (χ0) is 20.3. The summed E-state index contributed by atoms with van der Waals surface area (Å²) in [5, 5.41) is 30.9. The number of aliphatic hydroxyl groups is 3. The molecule has 4 aliphatic carbocycles. The molecule has 4 aliphatic rings. The Morgan fingerprint density at radius 3 is 2.64 bits per heavy atom. The second kappa shape index (κ2) is 6.94. The van der Waals surface area contributed by atoms with Crippen LogP contribution >= 0.6 is 0 Å². The van der Waals surface area contributed by atoms with Crippen molar-refractivity contribution in [3.8, 4) is 0 Å². The van der Waals surface area contributed by atoms with Crippen molar-refractivity contribution in [2.75, 3.05) is 13.2 Å². The van der Waals surface area contributed by atoms with E-state index in [2.05, 4.69) is 39.8 Å². The van der Waals surface area contributed by atoms with Crippen molar-refractivity contribution < 1.29 is 20.1 Å². The first-order valence-corrected chi connectivity index (χ1v) is 11.2. The third-order valence-electron chi connectivity index (χ3n) is 9.00. The lowest BCUT2D eigenvalue weighted by atomic mass is 9.47. The molecule has 4 rings (SSSR count). The Hall–Kier alpha value is -0.680. The topological polar surface area (TPSA) is 69.9 Å². The van der Waals surface area contributed by atoms with Gasteiger partial charge in [0.15, 0.2) is 0 Å². The molecule has 158 valence electrons. The average molecular weight is 391 g/mol. The van der Waals surface area contributed by atoms with Crippen LogP contribution in [0.25, 0.3) is 0 Å². The summed E-state index contributed by atoms with van der Waals surface area (Å²) in [7, 11) is 0. The van der Waals surface area contributed by atoms with Crippen LogP contribution in [0, 0.1) is 28.6 Å². The summed E-state index contributed by atoms with van der Waals surface area (Å²) >= 11 is 0. The highest BCUT2D eigenvalue weighted by Crippen LogP contribution is 2.65. The summed E-state index contributed by atoms with van der Waals surface area (Å²) in [6.07, 6.45) is 9.70. The van der Waals surface area contributed by atoms with Gasteiger partial charge in [-0.1, -0.05) is 37.1 Å². The fourth-order valence-electron chi connectivity index (χ4n) is 7.39. The summed E-state index contributed by atoms with van der Waals surface area (Å²) in [5.74, 6) is 1.15. The molecule has 0 saturated heterocycles. The van der Waals surface area contributed by atoms with Gasteiger partial charge in [-0.05, 0) is 69.6 Å². The summed E-state index contributed by atoms with van der Waals surface area (Å²) in [5.41, 5.74) is 2.30. The van der Waals surface area contributed by atoms with Gasteiger partial charge in [-0.25, -0.2) is 0 Å². The summed E-state index contributed by atoms with van der Waals surface area (Å²) in [4.78, 5) is 0. The molecule has 0 radical (unpaired) electrons. The third-order valence-corrected chi connectivity index (χ3v) is 9.00. The normalized spacial score (nSPS) is 45.6. The van der Waals surface area contributed by atoms with Crippen molar-refractivity contribution in [1.29, 1.82) is 0 Å². The van der Waals surface area contributed by atoms with E-state index in [1.807, 2.05) is 0 Å². The van der Waals surface area contributed by atoms with Crippen molar-refractivity contribution in [3.05, 3.63) is 23.3 Å². The van der Waals surface area contributed by atoms with E-state index in [4.69, 9.17) is 4.74 Å². The molecule has 2 saturated carbocycles. The van der Waals surface area contributed by atoms with Crippen LogP contribution in [-0.2, 0) is 4.74 Å². The average Bonchev–Trinajstić information content (AvgIpc) is 3.01. The van der Waals surface area contributed by atoms with Crippen LogP contribution in [0.1, 0.15) is 66.2 Å². The molecule has 2 fully saturated rings. The molecule has 0 aromatic rings. The number of hydrogen-bond acceptors (Lipinski definition) is 4. The number of aliphatic hydroxyl groups excluding tert-OH is 3. The smallest absolute Gasteiger partial charge is 0.0705 e. The molecule has 0 bridgehead atoms. The summed E-state index contributed by atoms with van der Waals surface area (Å²) < 4.78 is 6.04. The Labute approximate surface area is 169 Å². The van der Waals surface area contributed by atoms with Crippen molar-refractivity contribution in [3.63, 3.8) is 0 Å². The first-order chi connectivity index (χ1) is 13.1.